The van der Waals surface area contributed by atoms with Gasteiger partial charge in [0.1, 0.15) is 13.2 Å². The molecule has 0 aliphatic rings. The van der Waals surface area contributed by atoms with Gasteiger partial charge in [-0.05, 0) is 103 Å². The molecular weight excluding hydrogens is 1080 g/mol. The fourth-order valence-electron chi connectivity index (χ4n) is 10.0. The van der Waals surface area contributed by atoms with Crippen LogP contribution in [0.3, 0.4) is 0 Å². The fraction of sp³-hybridized carbons (Fsp3) is 0.731. The number of ether oxygens (including phenoxy) is 4. The molecule has 0 aliphatic heterocycles. The smallest absolute Gasteiger partial charge is 0.361 e. The third-order valence-corrected chi connectivity index (χ3v) is 15.5. The molecule has 0 bridgehead atoms. The molecule has 9 heteroatoms. The maximum absolute atomic E-state index is 12.9. The third kappa shape index (κ3) is 69.3. The molecule has 0 aromatic rings. The number of carbonyl (C=O) groups is 3. The lowest BCUT2D eigenvalue weighted by Gasteiger charge is -2.25. The summed E-state index contributed by atoms with van der Waals surface area (Å²) in [4.78, 5) is 37.6. The first kappa shape index (κ1) is 83.0. The molecular formula is C78H136NO8+. The summed E-state index contributed by atoms with van der Waals surface area (Å²) >= 11 is 0. The molecule has 1 N–H and O–H groups in total. The van der Waals surface area contributed by atoms with E-state index in [-0.39, 0.29) is 32.2 Å². The summed E-state index contributed by atoms with van der Waals surface area (Å²) in [6.07, 6.45) is 92.1. The zero-order valence-corrected chi connectivity index (χ0v) is 57.2. The average Bonchev–Trinajstić information content (AvgIpc) is 3.56. The van der Waals surface area contributed by atoms with E-state index >= 15 is 0 Å². The van der Waals surface area contributed by atoms with Gasteiger partial charge in [-0.25, -0.2) is 4.79 Å². The van der Waals surface area contributed by atoms with Crippen LogP contribution in [-0.4, -0.2) is 87.4 Å². The normalized spacial score (nSPS) is 13.3. The van der Waals surface area contributed by atoms with Gasteiger partial charge in [0.2, 0.25) is 0 Å². The first-order valence-corrected chi connectivity index (χ1v) is 36.1. The Balaban J connectivity index is 4.15. The monoisotopic (exact) mass is 1220 g/mol. The Morgan fingerprint density at radius 1 is 0.356 bits per heavy atom. The highest BCUT2D eigenvalue weighted by Crippen LogP contribution is 2.17. The van der Waals surface area contributed by atoms with Gasteiger partial charge in [0, 0.05) is 12.8 Å². The van der Waals surface area contributed by atoms with Crippen molar-refractivity contribution in [1.82, 2.24) is 0 Å². The van der Waals surface area contributed by atoms with Gasteiger partial charge in [-0.1, -0.05) is 303 Å². The zero-order chi connectivity index (χ0) is 63.3. The second kappa shape index (κ2) is 67.9. The number of quaternary nitrogens is 1. The Morgan fingerprint density at radius 2 is 0.655 bits per heavy atom. The molecule has 87 heavy (non-hydrogen) atoms. The molecule has 0 amide bonds. The molecule has 0 spiro atoms. The molecule has 0 fully saturated rings. The third-order valence-electron chi connectivity index (χ3n) is 15.5. The summed E-state index contributed by atoms with van der Waals surface area (Å²) in [5.74, 6) is -2.02. The Kier molecular flexibility index (Phi) is 64.7. The summed E-state index contributed by atoms with van der Waals surface area (Å²) in [5, 5.41) is 9.75. The van der Waals surface area contributed by atoms with E-state index in [2.05, 4.69) is 123 Å². The van der Waals surface area contributed by atoms with Crippen molar-refractivity contribution in [3.63, 3.8) is 0 Å². The van der Waals surface area contributed by atoms with Crippen molar-refractivity contribution in [2.45, 2.75) is 322 Å². The first-order valence-electron chi connectivity index (χ1n) is 36.1. The number of unbranched alkanes of at least 4 members (excludes halogenated alkanes) is 33. The van der Waals surface area contributed by atoms with E-state index in [9.17, 15) is 19.5 Å². The lowest BCUT2D eigenvalue weighted by atomic mass is 10.0. The van der Waals surface area contributed by atoms with Gasteiger partial charge in [-0.15, -0.1) is 0 Å². The summed E-state index contributed by atoms with van der Waals surface area (Å²) in [5.41, 5.74) is 0. The molecule has 0 rings (SSSR count). The van der Waals surface area contributed by atoms with Gasteiger partial charge in [0.25, 0.3) is 6.29 Å². The number of allylic oxidation sites excluding steroid dienone is 18. The molecule has 0 aromatic carbocycles. The number of carboxylic acids is 1. The van der Waals surface area contributed by atoms with Crippen molar-refractivity contribution in [3.8, 4) is 0 Å². The minimum Gasteiger partial charge on any atom is -0.477 e. The Hall–Kier alpha value is -4.05. The van der Waals surface area contributed by atoms with Gasteiger partial charge in [-0.3, -0.25) is 9.59 Å². The Labute approximate surface area is 536 Å². The van der Waals surface area contributed by atoms with E-state index in [0.717, 1.165) is 109 Å². The number of likely N-dealkylation sites (N-methyl/N-ethyl adjacent to an activating group) is 1. The van der Waals surface area contributed by atoms with Crippen molar-refractivity contribution >= 4 is 17.9 Å². The molecule has 0 heterocycles. The highest BCUT2D eigenvalue weighted by molar-refractivity contribution is 5.71. The lowest BCUT2D eigenvalue weighted by Crippen LogP contribution is -2.40. The maximum Gasteiger partial charge on any atom is 0.361 e. The van der Waals surface area contributed by atoms with Gasteiger partial charge >= 0.3 is 17.9 Å². The highest BCUT2D eigenvalue weighted by atomic mass is 16.7. The largest absolute Gasteiger partial charge is 0.477 e. The number of hydrogen-bond donors (Lipinski definition) is 1. The van der Waals surface area contributed by atoms with Crippen molar-refractivity contribution in [2.24, 2.45) is 0 Å². The van der Waals surface area contributed by atoms with Gasteiger partial charge in [-0.2, -0.15) is 0 Å². The summed E-state index contributed by atoms with van der Waals surface area (Å²) < 4.78 is 23.0. The summed E-state index contributed by atoms with van der Waals surface area (Å²) in [6, 6.07) is 0. The van der Waals surface area contributed by atoms with Crippen LogP contribution in [0, 0.1) is 0 Å². The molecule has 0 radical (unpaired) electrons. The first-order chi connectivity index (χ1) is 42.6. The van der Waals surface area contributed by atoms with Crippen molar-refractivity contribution in [1.29, 1.82) is 0 Å². The van der Waals surface area contributed by atoms with Crippen molar-refractivity contribution < 1.29 is 42.9 Å². The van der Waals surface area contributed by atoms with Crippen molar-refractivity contribution in [2.75, 3.05) is 47.5 Å². The van der Waals surface area contributed by atoms with Crippen LogP contribution < -0.4 is 0 Å². The number of hydrogen-bond acceptors (Lipinski definition) is 7. The number of rotatable bonds is 66. The summed E-state index contributed by atoms with van der Waals surface area (Å²) in [6.45, 7) is 4.77. The second-order valence-electron chi connectivity index (χ2n) is 25.2. The van der Waals surface area contributed by atoms with Crippen LogP contribution in [0.5, 0.6) is 0 Å². The van der Waals surface area contributed by atoms with E-state index in [1.54, 1.807) is 0 Å². The van der Waals surface area contributed by atoms with E-state index in [1.807, 2.05) is 21.1 Å². The van der Waals surface area contributed by atoms with Crippen LogP contribution in [0.2, 0.25) is 0 Å². The predicted molar refractivity (Wildman–Crippen MR) is 373 cm³/mol. The molecule has 2 atom stereocenters. The van der Waals surface area contributed by atoms with Crippen LogP contribution in [-0.2, 0) is 33.3 Å². The summed E-state index contributed by atoms with van der Waals surface area (Å²) in [7, 11) is 5.97. The minimum atomic E-state index is -1.52. The minimum absolute atomic E-state index is 0.180. The highest BCUT2D eigenvalue weighted by Gasteiger charge is 2.25. The van der Waals surface area contributed by atoms with Crippen LogP contribution in [0.25, 0.3) is 0 Å². The van der Waals surface area contributed by atoms with E-state index in [0.29, 0.717) is 23.9 Å². The molecule has 2 unspecified atom stereocenters. The molecule has 0 aliphatic carbocycles. The SMILES string of the molecule is CC/C=C\C/C=C\C/C=C\C/C=C\C/C=C\C/C=C\C/C=C\C/C=C\CCCCCCCCC(=O)OC(COC(=O)CCCCCCCCCCCCCCCCCCCCC/C=C\CCCCCCCCCC)COC(OCC[N+](C)(C)C)C(=O)O. The second-order valence-corrected chi connectivity index (χ2v) is 25.2. The molecule has 9 nitrogen and oxygen atoms in total. The van der Waals surface area contributed by atoms with Crippen LogP contribution in [0.15, 0.2) is 109 Å². The average molecular weight is 1220 g/mol. The lowest BCUT2D eigenvalue weighted by molar-refractivity contribution is -0.870. The van der Waals surface area contributed by atoms with Gasteiger partial charge in [0.05, 0.1) is 34.4 Å². The fourth-order valence-corrected chi connectivity index (χ4v) is 10.0. The standard InChI is InChI=1S/C78H135NO8/c1-6-8-10-12-14-16-18-20-22-24-26-28-30-32-34-36-38-40-42-44-46-48-50-52-54-56-58-60-62-64-66-68-75(80)85-72-74(73-86-78(77(82)83)84-71-70-79(3,4)5)87-76(81)69-67-65-63-61-59-57-55-53-51-49-47-45-43-41-39-37-35-33-31-29-27-25-23-21-19-17-15-13-11-9-7-2/h9,11,15,17,21,23-24,26-27,29,33,35,39,41,45,47,51,53,74,78H,6-8,10,12-14,16,18-20,22,25,28,30-32,34,36-38,40,42-44,46,48-50,52,54-73H2,1-5H3/p+1/b11-9-,17-15-,23-21-,26-24-,29-27-,35-33-,41-39-,47-45-,53-51-. The van der Waals surface area contributed by atoms with E-state index < -0.39 is 24.3 Å². The van der Waals surface area contributed by atoms with Gasteiger partial charge in [0.15, 0.2) is 6.10 Å². The zero-order valence-electron chi connectivity index (χ0n) is 57.2. The molecule has 500 valence electrons. The maximum atomic E-state index is 12.9. The van der Waals surface area contributed by atoms with Gasteiger partial charge < -0.3 is 28.5 Å². The molecule has 0 saturated heterocycles. The Bertz CT molecular complexity index is 1800. The number of nitrogens with zero attached hydrogens (tertiary/aromatic N) is 1. The number of carbonyl (C=O) groups excluding carboxylic acids is 2. The van der Waals surface area contributed by atoms with E-state index in [4.69, 9.17) is 18.9 Å². The van der Waals surface area contributed by atoms with Crippen LogP contribution in [0.1, 0.15) is 309 Å². The molecule has 0 aromatic heterocycles. The Morgan fingerprint density at radius 3 is 0.989 bits per heavy atom. The van der Waals surface area contributed by atoms with Crippen molar-refractivity contribution in [3.05, 3.63) is 109 Å². The molecule has 0 saturated carbocycles. The number of esters is 2. The van der Waals surface area contributed by atoms with Crippen LogP contribution >= 0.6 is 0 Å². The topological polar surface area (TPSA) is 108 Å². The van der Waals surface area contributed by atoms with E-state index in [1.165, 1.54) is 167 Å². The van der Waals surface area contributed by atoms with Crippen LogP contribution in [0.4, 0.5) is 0 Å². The number of carboxylic acid groups (broad SMARTS) is 1. The number of aliphatic carboxylic acids is 1. The quantitative estimate of drug-likeness (QED) is 0.0211. The predicted octanol–water partition coefficient (Wildman–Crippen LogP) is 22.6.